The lowest BCUT2D eigenvalue weighted by atomic mass is 10.2. The molecule has 1 aliphatic rings. The molecule has 21 heavy (non-hydrogen) atoms. The van der Waals surface area contributed by atoms with Gasteiger partial charge in [-0.3, -0.25) is 9.59 Å². The molecule has 1 atom stereocenters. The summed E-state index contributed by atoms with van der Waals surface area (Å²) in [6, 6.07) is 9.45. The fourth-order valence-corrected chi connectivity index (χ4v) is 2.30. The third-order valence-corrected chi connectivity index (χ3v) is 3.40. The Morgan fingerprint density at radius 1 is 1.38 bits per heavy atom. The SMILES string of the molecule is C=CC(=O)N[C@H]1CCN(C(=O)CCOc2ccccc2)C1. The molecule has 1 heterocycles. The second-order valence-corrected chi connectivity index (χ2v) is 4.95. The molecule has 0 spiro atoms. The Morgan fingerprint density at radius 2 is 2.14 bits per heavy atom. The number of para-hydroxylation sites is 1. The Bertz CT molecular complexity index is 502. The molecule has 2 rings (SSSR count). The number of benzene rings is 1. The number of rotatable bonds is 6. The van der Waals surface area contributed by atoms with Crippen molar-refractivity contribution < 1.29 is 14.3 Å². The van der Waals surface area contributed by atoms with E-state index in [4.69, 9.17) is 4.74 Å². The first-order valence-electron chi connectivity index (χ1n) is 7.07. The maximum Gasteiger partial charge on any atom is 0.243 e. The van der Waals surface area contributed by atoms with Gasteiger partial charge < -0.3 is 15.0 Å². The molecule has 0 aromatic heterocycles. The molecule has 1 aromatic carbocycles. The lowest BCUT2D eigenvalue weighted by Gasteiger charge is -2.17. The smallest absolute Gasteiger partial charge is 0.243 e. The molecule has 1 N–H and O–H groups in total. The van der Waals surface area contributed by atoms with E-state index in [1.54, 1.807) is 4.90 Å². The number of amides is 2. The first-order chi connectivity index (χ1) is 10.2. The standard InChI is InChI=1S/C16H20N2O3/c1-2-15(19)17-13-8-10-18(12-13)16(20)9-11-21-14-6-4-3-5-7-14/h2-7,13H,1,8-12H2,(H,17,19)/t13-/m0/s1. The van der Waals surface area contributed by atoms with Crippen molar-refractivity contribution in [1.82, 2.24) is 10.2 Å². The van der Waals surface area contributed by atoms with Crippen molar-refractivity contribution >= 4 is 11.8 Å². The van der Waals surface area contributed by atoms with Crippen LogP contribution < -0.4 is 10.1 Å². The third kappa shape index (κ3) is 4.63. The van der Waals surface area contributed by atoms with Crippen LogP contribution in [-0.4, -0.2) is 42.5 Å². The Morgan fingerprint density at radius 3 is 2.86 bits per heavy atom. The van der Waals surface area contributed by atoms with E-state index in [2.05, 4.69) is 11.9 Å². The van der Waals surface area contributed by atoms with Gasteiger partial charge in [-0.05, 0) is 24.6 Å². The monoisotopic (exact) mass is 288 g/mol. The van der Waals surface area contributed by atoms with Crippen molar-refractivity contribution in [2.45, 2.75) is 18.9 Å². The Balaban J connectivity index is 1.70. The van der Waals surface area contributed by atoms with Gasteiger partial charge >= 0.3 is 0 Å². The molecule has 0 unspecified atom stereocenters. The minimum absolute atomic E-state index is 0.0227. The summed E-state index contributed by atoms with van der Waals surface area (Å²) in [6.07, 6.45) is 2.38. The van der Waals surface area contributed by atoms with Crippen molar-refractivity contribution in [2.24, 2.45) is 0 Å². The highest BCUT2D eigenvalue weighted by Gasteiger charge is 2.26. The van der Waals surface area contributed by atoms with E-state index in [-0.39, 0.29) is 17.9 Å². The Hall–Kier alpha value is -2.30. The quantitative estimate of drug-likeness (QED) is 0.804. The summed E-state index contributed by atoms with van der Waals surface area (Å²) in [7, 11) is 0. The molecule has 0 radical (unpaired) electrons. The first kappa shape index (κ1) is 15.1. The molecule has 0 aliphatic carbocycles. The van der Waals surface area contributed by atoms with Crippen LogP contribution in [0.25, 0.3) is 0 Å². The van der Waals surface area contributed by atoms with Gasteiger partial charge in [-0.2, -0.15) is 0 Å². The maximum absolute atomic E-state index is 12.0. The van der Waals surface area contributed by atoms with E-state index < -0.39 is 0 Å². The first-order valence-corrected chi connectivity index (χ1v) is 7.07. The van der Waals surface area contributed by atoms with Crippen LogP contribution in [0.4, 0.5) is 0 Å². The lowest BCUT2D eigenvalue weighted by molar-refractivity contribution is -0.131. The average molecular weight is 288 g/mol. The van der Waals surface area contributed by atoms with Crippen LogP contribution in [0.5, 0.6) is 5.75 Å². The number of likely N-dealkylation sites (tertiary alicyclic amines) is 1. The number of hydrogen-bond acceptors (Lipinski definition) is 3. The molecule has 1 fully saturated rings. The summed E-state index contributed by atoms with van der Waals surface area (Å²) >= 11 is 0. The van der Waals surface area contributed by atoms with Gasteiger partial charge in [0.1, 0.15) is 5.75 Å². The van der Waals surface area contributed by atoms with E-state index in [9.17, 15) is 9.59 Å². The van der Waals surface area contributed by atoms with Crippen LogP contribution >= 0.6 is 0 Å². The van der Waals surface area contributed by atoms with Crippen molar-refractivity contribution in [3.05, 3.63) is 43.0 Å². The molecule has 112 valence electrons. The van der Waals surface area contributed by atoms with Crippen LogP contribution in [0.3, 0.4) is 0 Å². The van der Waals surface area contributed by atoms with Crippen molar-refractivity contribution in [3.63, 3.8) is 0 Å². The zero-order valence-electron chi connectivity index (χ0n) is 12.0. The van der Waals surface area contributed by atoms with Crippen LogP contribution in [-0.2, 0) is 9.59 Å². The highest BCUT2D eigenvalue weighted by atomic mass is 16.5. The Kier molecular flexibility index (Phi) is 5.37. The van der Waals surface area contributed by atoms with Gasteiger partial charge in [0.2, 0.25) is 11.8 Å². The summed E-state index contributed by atoms with van der Waals surface area (Å²) in [4.78, 5) is 25.0. The minimum atomic E-state index is -0.193. The second kappa shape index (κ2) is 7.47. The minimum Gasteiger partial charge on any atom is -0.493 e. The largest absolute Gasteiger partial charge is 0.493 e. The summed E-state index contributed by atoms with van der Waals surface area (Å²) in [5, 5.41) is 2.81. The number of carbonyl (C=O) groups is 2. The summed E-state index contributed by atoms with van der Waals surface area (Å²) < 4.78 is 5.51. The third-order valence-electron chi connectivity index (χ3n) is 3.40. The highest BCUT2D eigenvalue weighted by molar-refractivity contribution is 5.87. The normalized spacial score (nSPS) is 17.3. The molecule has 1 aromatic rings. The molecule has 0 saturated carbocycles. The van der Waals surface area contributed by atoms with E-state index in [0.29, 0.717) is 26.1 Å². The van der Waals surface area contributed by atoms with Gasteiger partial charge in [0, 0.05) is 19.1 Å². The van der Waals surface area contributed by atoms with E-state index >= 15 is 0 Å². The van der Waals surface area contributed by atoms with Crippen LogP contribution in [0, 0.1) is 0 Å². The number of ether oxygens (including phenoxy) is 1. The van der Waals surface area contributed by atoms with Gasteiger partial charge in [-0.1, -0.05) is 24.8 Å². The fourth-order valence-electron chi connectivity index (χ4n) is 2.30. The van der Waals surface area contributed by atoms with Gasteiger partial charge in [0.15, 0.2) is 0 Å². The maximum atomic E-state index is 12.0. The Labute approximate surface area is 124 Å². The number of nitrogens with one attached hydrogen (secondary N) is 1. The molecular formula is C16H20N2O3. The van der Waals surface area contributed by atoms with E-state index in [1.165, 1.54) is 6.08 Å². The van der Waals surface area contributed by atoms with E-state index in [0.717, 1.165) is 12.2 Å². The van der Waals surface area contributed by atoms with Crippen LogP contribution in [0.15, 0.2) is 43.0 Å². The van der Waals surface area contributed by atoms with Gasteiger partial charge in [0.05, 0.1) is 13.0 Å². The number of carbonyl (C=O) groups excluding carboxylic acids is 2. The predicted octanol–water partition coefficient (Wildman–Crippen LogP) is 1.36. The molecule has 1 saturated heterocycles. The molecule has 1 aliphatic heterocycles. The van der Waals surface area contributed by atoms with Gasteiger partial charge in [0.25, 0.3) is 0 Å². The zero-order chi connectivity index (χ0) is 15.1. The highest BCUT2D eigenvalue weighted by Crippen LogP contribution is 2.12. The lowest BCUT2D eigenvalue weighted by Crippen LogP contribution is -2.37. The van der Waals surface area contributed by atoms with Crippen LogP contribution in [0.1, 0.15) is 12.8 Å². The van der Waals surface area contributed by atoms with Gasteiger partial charge in [-0.25, -0.2) is 0 Å². The van der Waals surface area contributed by atoms with Crippen LogP contribution in [0.2, 0.25) is 0 Å². The summed E-state index contributed by atoms with van der Waals surface area (Å²) in [5.41, 5.74) is 0. The summed E-state index contributed by atoms with van der Waals surface area (Å²) in [6.45, 7) is 5.01. The zero-order valence-corrected chi connectivity index (χ0v) is 12.0. The number of hydrogen-bond donors (Lipinski definition) is 1. The van der Waals surface area contributed by atoms with Crippen molar-refractivity contribution in [2.75, 3.05) is 19.7 Å². The molecule has 2 amide bonds. The number of nitrogens with zero attached hydrogens (tertiary/aromatic N) is 1. The molecular weight excluding hydrogens is 268 g/mol. The summed E-state index contributed by atoms with van der Waals surface area (Å²) in [5.74, 6) is 0.630. The molecule has 5 heteroatoms. The predicted molar refractivity (Wildman–Crippen MR) is 79.9 cm³/mol. The van der Waals surface area contributed by atoms with Gasteiger partial charge in [-0.15, -0.1) is 0 Å². The molecule has 5 nitrogen and oxygen atoms in total. The average Bonchev–Trinajstić information content (AvgIpc) is 2.96. The van der Waals surface area contributed by atoms with Crippen molar-refractivity contribution in [3.8, 4) is 5.75 Å². The topological polar surface area (TPSA) is 58.6 Å². The molecule has 0 bridgehead atoms. The van der Waals surface area contributed by atoms with Crippen molar-refractivity contribution in [1.29, 1.82) is 0 Å². The van der Waals surface area contributed by atoms with E-state index in [1.807, 2.05) is 30.3 Å². The fraction of sp³-hybridized carbons (Fsp3) is 0.375. The second-order valence-electron chi connectivity index (χ2n) is 4.95.